The number of hydrogen-bond donors (Lipinski definition) is 1. The predicted octanol–water partition coefficient (Wildman–Crippen LogP) is 2.31. The van der Waals surface area contributed by atoms with Crippen LogP contribution in [0.5, 0.6) is 0 Å². The number of aromatic nitrogens is 1. The summed E-state index contributed by atoms with van der Waals surface area (Å²) in [6.07, 6.45) is 1.21. The molecule has 1 N–H and O–H groups in total. The lowest BCUT2D eigenvalue weighted by atomic mass is 10.0. The summed E-state index contributed by atoms with van der Waals surface area (Å²) in [4.78, 5) is 6.03. The van der Waals surface area contributed by atoms with Crippen molar-refractivity contribution in [2.75, 3.05) is 18.6 Å². The zero-order valence-electron chi connectivity index (χ0n) is 8.89. The third-order valence-electron chi connectivity index (χ3n) is 2.94. The maximum Gasteiger partial charge on any atom is 0.114 e. The van der Waals surface area contributed by atoms with Crippen LogP contribution in [-0.4, -0.2) is 23.5 Å². The first kappa shape index (κ1) is 10.5. The van der Waals surface area contributed by atoms with Gasteiger partial charge in [0.25, 0.3) is 0 Å². The Hall–Kier alpha value is -0.0600. The van der Waals surface area contributed by atoms with E-state index in [1.807, 2.05) is 23.1 Å². The zero-order chi connectivity index (χ0) is 10.2. The van der Waals surface area contributed by atoms with Gasteiger partial charge in [-0.25, -0.2) is 4.98 Å². The molecule has 1 aromatic rings. The number of nitrogens with one attached hydrogen (secondary N) is 1. The monoisotopic (exact) mass is 228 g/mol. The molecule has 0 aromatic carbocycles. The van der Waals surface area contributed by atoms with Gasteiger partial charge in [0.15, 0.2) is 0 Å². The zero-order valence-corrected chi connectivity index (χ0v) is 10.5. The van der Waals surface area contributed by atoms with E-state index < -0.39 is 0 Å². The molecule has 1 atom stereocenters. The van der Waals surface area contributed by atoms with E-state index in [9.17, 15) is 0 Å². The van der Waals surface area contributed by atoms with Crippen LogP contribution in [-0.2, 0) is 5.54 Å². The van der Waals surface area contributed by atoms with E-state index in [1.54, 1.807) is 0 Å². The van der Waals surface area contributed by atoms with E-state index in [4.69, 9.17) is 0 Å². The van der Waals surface area contributed by atoms with Crippen molar-refractivity contribution in [1.82, 2.24) is 10.3 Å². The van der Waals surface area contributed by atoms with Crippen molar-refractivity contribution in [2.24, 2.45) is 0 Å². The molecule has 0 amide bonds. The highest BCUT2D eigenvalue weighted by molar-refractivity contribution is 7.99. The Balaban J connectivity index is 2.36. The average molecular weight is 228 g/mol. The number of nitrogens with zero attached hydrogens (tertiary/aromatic N) is 1. The third kappa shape index (κ3) is 1.59. The maximum absolute atomic E-state index is 4.68. The molecule has 1 fully saturated rings. The Morgan fingerprint density at radius 3 is 2.64 bits per heavy atom. The molecule has 0 radical (unpaired) electrons. The van der Waals surface area contributed by atoms with Crippen LogP contribution in [0.15, 0.2) is 0 Å². The van der Waals surface area contributed by atoms with Crippen molar-refractivity contribution in [3.8, 4) is 0 Å². The van der Waals surface area contributed by atoms with Crippen molar-refractivity contribution >= 4 is 23.1 Å². The van der Waals surface area contributed by atoms with Gasteiger partial charge in [-0.15, -0.1) is 11.3 Å². The first-order chi connectivity index (χ1) is 6.68. The van der Waals surface area contributed by atoms with Crippen LogP contribution >= 0.6 is 23.1 Å². The standard InChI is InChI=1S/C10H16N2S2/c1-7-8(2)14-9(12-7)10(11-3)4-5-13-6-10/h11H,4-6H2,1-3H3. The van der Waals surface area contributed by atoms with Gasteiger partial charge in [0.05, 0.1) is 11.2 Å². The molecule has 14 heavy (non-hydrogen) atoms. The molecule has 0 spiro atoms. The molecule has 2 nitrogen and oxygen atoms in total. The van der Waals surface area contributed by atoms with Crippen LogP contribution in [0.4, 0.5) is 0 Å². The minimum atomic E-state index is 0.161. The van der Waals surface area contributed by atoms with E-state index in [-0.39, 0.29) is 5.54 Å². The normalized spacial score (nSPS) is 27.1. The quantitative estimate of drug-likeness (QED) is 0.841. The van der Waals surface area contributed by atoms with Crippen LogP contribution in [0.3, 0.4) is 0 Å². The van der Waals surface area contributed by atoms with Crippen LogP contribution in [0.2, 0.25) is 0 Å². The summed E-state index contributed by atoms with van der Waals surface area (Å²) in [5, 5.41) is 4.74. The maximum atomic E-state index is 4.68. The Morgan fingerprint density at radius 1 is 1.43 bits per heavy atom. The molecule has 2 heterocycles. The minimum Gasteiger partial charge on any atom is -0.308 e. The summed E-state index contributed by atoms with van der Waals surface area (Å²) < 4.78 is 0. The number of thioether (sulfide) groups is 1. The van der Waals surface area contributed by atoms with Crippen molar-refractivity contribution < 1.29 is 0 Å². The molecule has 1 aliphatic rings. The van der Waals surface area contributed by atoms with Crippen LogP contribution < -0.4 is 5.32 Å². The molecule has 4 heteroatoms. The van der Waals surface area contributed by atoms with Crippen molar-refractivity contribution in [3.63, 3.8) is 0 Å². The number of thiazole rings is 1. The van der Waals surface area contributed by atoms with Gasteiger partial charge in [0.2, 0.25) is 0 Å². The van der Waals surface area contributed by atoms with E-state index >= 15 is 0 Å². The molecule has 1 unspecified atom stereocenters. The first-order valence-corrected chi connectivity index (χ1v) is 6.86. The molecule has 0 bridgehead atoms. The first-order valence-electron chi connectivity index (χ1n) is 4.89. The molecule has 1 aliphatic heterocycles. The van der Waals surface area contributed by atoms with Gasteiger partial charge in [-0.3, -0.25) is 0 Å². The molecule has 1 saturated heterocycles. The van der Waals surface area contributed by atoms with Gasteiger partial charge in [-0.05, 0) is 33.1 Å². The second-order valence-corrected chi connectivity index (χ2v) is 6.10. The topological polar surface area (TPSA) is 24.9 Å². The van der Waals surface area contributed by atoms with E-state index in [0.717, 1.165) is 5.75 Å². The Morgan fingerprint density at radius 2 is 2.21 bits per heavy atom. The minimum absolute atomic E-state index is 0.161. The molecular formula is C10H16N2S2. The van der Waals surface area contributed by atoms with Crippen molar-refractivity contribution in [3.05, 3.63) is 15.6 Å². The van der Waals surface area contributed by atoms with Crippen molar-refractivity contribution in [1.29, 1.82) is 0 Å². The Kier molecular flexibility index (Phi) is 2.86. The van der Waals surface area contributed by atoms with E-state index in [0.29, 0.717) is 0 Å². The molecule has 2 rings (SSSR count). The summed E-state index contributed by atoms with van der Waals surface area (Å²) >= 11 is 3.87. The largest absolute Gasteiger partial charge is 0.308 e. The lowest BCUT2D eigenvalue weighted by Gasteiger charge is -2.24. The van der Waals surface area contributed by atoms with Crippen LogP contribution in [0, 0.1) is 13.8 Å². The third-order valence-corrected chi connectivity index (χ3v) is 5.40. The smallest absolute Gasteiger partial charge is 0.114 e. The summed E-state index contributed by atoms with van der Waals surface area (Å²) in [5.74, 6) is 2.41. The molecule has 1 aromatic heterocycles. The van der Waals surface area contributed by atoms with Gasteiger partial charge in [0.1, 0.15) is 5.01 Å². The predicted molar refractivity (Wildman–Crippen MR) is 64.3 cm³/mol. The number of hydrogen-bond acceptors (Lipinski definition) is 4. The summed E-state index contributed by atoms with van der Waals surface area (Å²) in [6.45, 7) is 4.25. The van der Waals surface area contributed by atoms with Gasteiger partial charge in [0, 0.05) is 10.6 Å². The Labute approximate surface area is 93.5 Å². The highest BCUT2D eigenvalue weighted by Crippen LogP contribution is 2.38. The lowest BCUT2D eigenvalue weighted by molar-refractivity contribution is 0.409. The van der Waals surface area contributed by atoms with Gasteiger partial charge in [-0.2, -0.15) is 11.8 Å². The number of rotatable bonds is 2. The number of aryl methyl sites for hydroxylation is 2. The lowest BCUT2D eigenvalue weighted by Crippen LogP contribution is -2.39. The highest BCUT2D eigenvalue weighted by Gasteiger charge is 2.37. The molecule has 0 saturated carbocycles. The summed E-state index contributed by atoms with van der Waals surface area (Å²) in [7, 11) is 2.05. The fourth-order valence-corrected chi connectivity index (χ4v) is 4.36. The van der Waals surface area contributed by atoms with Crippen molar-refractivity contribution in [2.45, 2.75) is 25.8 Å². The van der Waals surface area contributed by atoms with E-state index in [1.165, 1.54) is 27.8 Å². The van der Waals surface area contributed by atoms with E-state index in [2.05, 4.69) is 31.2 Å². The van der Waals surface area contributed by atoms with Gasteiger partial charge >= 0.3 is 0 Å². The van der Waals surface area contributed by atoms with Crippen LogP contribution in [0.25, 0.3) is 0 Å². The second kappa shape index (κ2) is 3.83. The fourth-order valence-electron chi connectivity index (χ4n) is 1.72. The van der Waals surface area contributed by atoms with Gasteiger partial charge in [-0.1, -0.05) is 0 Å². The fraction of sp³-hybridized carbons (Fsp3) is 0.700. The van der Waals surface area contributed by atoms with Crippen LogP contribution in [0.1, 0.15) is 22.0 Å². The van der Waals surface area contributed by atoms with Gasteiger partial charge < -0.3 is 5.32 Å². The molecule has 78 valence electrons. The summed E-state index contributed by atoms with van der Waals surface area (Å²) in [6, 6.07) is 0. The second-order valence-electron chi connectivity index (χ2n) is 3.80. The average Bonchev–Trinajstić information content (AvgIpc) is 2.75. The molecular weight excluding hydrogens is 212 g/mol. The SMILES string of the molecule is CNC1(c2nc(C)c(C)s2)CCSC1. The molecule has 0 aliphatic carbocycles. The Bertz CT molecular complexity index is 307. The highest BCUT2D eigenvalue weighted by atomic mass is 32.2. The summed E-state index contributed by atoms with van der Waals surface area (Å²) in [5.41, 5.74) is 1.35.